The SMILES string of the molecule is Cc1nn(C)c(-n2ccc3c(Cl)cccc32)c1C=O. The maximum atomic E-state index is 11.3. The van der Waals surface area contributed by atoms with Gasteiger partial charge in [-0.15, -0.1) is 0 Å². The van der Waals surface area contributed by atoms with Crippen molar-refractivity contribution in [3.05, 3.63) is 46.7 Å². The van der Waals surface area contributed by atoms with Crippen LogP contribution in [0.15, 0.2) is 30.5 Å². The molecular formula is C14H12ClN3O. The van der Waals surface area contributed by atoms with Crippen molar-refractivity contribution in [3.63, 3.8) is 0 Å². The first kappa shape index (κ1) is 12.0. The van der Waals surface area contributed by atoms with Gasteiger partial charge in [0.15, 0.2) is 6.29 Å². The van der Waals surface area contributed by atoms with E-state index >= 15 is 0 Å². The van der Waals surface area contributed by atoms with Crippen LogP contribution >= 0.6 is 11.6 Å². The zero-order valence-electron chi connectivity index (χ0n) is 10.6. The molecule has 0 N–H and O–H groups in total. The molecule has 5 heteroatoms. The Balaban J connectivity index is 2.37. The molecule has 0 aliphatic carbocycles. The highest BCUT2D eigenvalue weighted by Crippen LogP contribution is 2.28. The van der Waals surface area contributed by atoms with E-state index in [4.69, 9.17) is 11.6 Å². The molecule has 3 rings (SSSR count). The molecule has 0 unspecified atom stereocenters. The Morgan fingerprint density at radius 3 is 2.84 bits per heavy atom. The standard InChI is InChI=1S/C14H12ClN3O/c1-9-11(8-19)14(17(2)16-9)18-7-6-10-12(15)4-3-5-13(10)18/h3-8H,1-2H3. The zero-order chi connectivity index (χ0) is 13.6. The van der Waals surface area contributed by atoms with Gasteiger partial charge in [-0.3, -0.25) is 9.48 Å². The summed E-state index contributed by atoms with van der Waals surface area (Å²) >= 11 is 6.17. The predicted octanol–water partition coefficient (Wildman–Crippen LogP) is 3.14. The lowest BCUT2D eigenvalue weighted by Gasteiger charge is -2.07. The number of aryl methyl sites for hydroxylation is 2. The summed E-state index contributed by atoms with van der Waals surface area (Å²) in [5.41, 5.74) is 2.27. The highest BCUT2D eigenvalue weighted by molar-refractivity contribution is 6.35. The largest absolute Gasteiger partial charge is 0.301 e. The Labute approximate surface area is 115 Å². The summed E-state index contributed by atoms with van der Waals surface area (Å²) < 4.78 is 3.64. The van der Waals surface area contributed by atoms with Gasteiger partial charge in [0.2, 0.25) is 0 Å². The van der Waals surface area contributed by atoms with Gasteiger partial charge in [0.1, 0.15) is 5.82 Å². The highest BCUT2D eigenvalue weighted by atomic mass is 35.5. The number of aromatic nitrogens is 3. The topological polar surface area (TPSA) is 39.8 Å². The molecule has 0 aliphatic heterocycles. The van der Waals surface area contributed by atoms with Crippen molar-refractivity contribution >= 4 is 28.8 Å². The second-order valence-corrected chi connectivity index (χ2v) is 4.83. The molecule has 0 bridgehead atoms. The van der Waals surface area contributed by atoms with Crippen LogP contribution in [0.3, 0.4) is 0 Å². The van der Waals surface area contributed by atoms with E-state index in [1.54, 1.807) is 4.68 Å². The van der Waals surface area contributed by atoms with E-state index in [1.807, 2.05) is 49.0 Å². The Morgan fingerprint density at radius 2 is 2.11 bits per heavy atom. The highest BCUT2D eigenvalue weighted by Gasteiger charge is 2.16. The predicted molar refractivity (Wildman–Crippen MR) is 75.2 cm³/mol. The quantitative estimate of drug-likeness (QED) is 0.673. The molecule has 2 heterocycles. The van der Waals surface area contributed by atoms with Crippen molar-refractivity contribution in [1.29, 1.82) is 0 Å². The Bertz CT molecular complexity index is 785. The number of nitrogens with zero attached hydrogens (tertiary/aromatic N) is 3. The number of hydrogen-bond acceptors (Lipinski definition) is 2. The van der Waals surface area contributed by atoms with Crippen LogP contribution in [0.25, 0.3) is 16.7 Å². The fourth-order valence-corrected chi connectivity index (χ4v) is 2.63. The zero-order valence-corrected chi connectivity index (χ0v) is 11.3. The van der Waals surface area contributed by atoms with Crippen LogP contribution in [0.2, 0.25) is 5.02 Å². The third-order valence-electron chi connectivity index (χ3n) is 3.26. The summed E-state index contributed by atoms with van der Waals surface area (Å²) in [6, 6.07) is 7.65. The second kappa shape index (κ2) is 4.24. The first-order valence-electron chi connectivity index (χ1n) is 5.88. The van der Waals surface area contributed by atoms with Crippen molar-refractivity contribution in [2.75, 3.05) is 0 Å². The molecule has 1 aromatic carbocycles. The molecular weight excluding hydrogens is 262 g/mol. The maximum Gasteiger partial charge on any atom is 0.155 e. The van der Waals surface area contributed by atoms with Crippen molar-refractivity contribution in [2.24, 2.45) is 7.05 Å². The van der Waals surface area contributed by atoms with Crippen LogP contribution in [0, 0.1) is 6.92 Å². The van der Waals surface area contributed by atoms with E-state index in [-0.39, 0.29) is 0 Å². The van der Waals surface area contributed by atoms with Gasteiger partial charge >= 0.3 is 0 Å². The molecule has 0 fully saturated rings. The van der Waals surface area contributed by atoms with Gasteiger partial charge in [0.25, 0.3) is 0 Å². The lowest BCUT2D eigenvalue weighted by Crippen LogP contribution is -2.03. The van der Waals surface area contributed by atoms with Crippen molar-refractivity contribution in [2.45, 2.75) is 6.92 Å². The number of rotatable bonds is 2. The smallest absolute Gasteiger partial charge is 0.155 e. The molecule has 2 aromatic heterocycles. The van der Waals surface area contributed by atoms with E-state index in [9.17, 15) is 4.79 Å². The summed E-state index contributed by atoms with van der Waals surface area (Å²) in [5, 5.41) is 5.95. The van der Waals surface area contributed by atoms with Crippen molar-refractivity contribution < 1.29 is 4.79 Å². The van der Waals surface area contributed by atoms with Crippen molar-refractivity contribution in [1.82, 2.24) is 14.3 Å². The first-order valence-corrected chi connectivity index (χ1v) is 6.26. The van der Waals surface area contributed by atoms with Crippen LogP contribution in [0.5, 0.6) is 0 Å². The number of carbonyl (C=O) groups is 1. The lowest BCUT2D eigenvalue weighted by molar-refractivity contribution is 0.112. The van der Waals surface area contributed by atoms with Gasteiger partial charge in [-0.1, -0.05) is 17.7 Å². The van der Waals surface area contributed by atoms with Gasteiger partial charge in [0.05, 0.1) is 16.8 Å². The normalized spacial score (nSPS) is 11.1. The van der Waals surface area contributed by atoms with E-state index in [2.05, 4.69) is 5.10 Å². The van der Waals surface area contributed by atoms with Crippen LogP contribution in [-0.2, 0) is 7.05 Å². The van der Waals surface area contributed by atoms with Crippen LogP contribution < -0.4 is 0 Å². The monoisotopic (exact) mass is 273 g/mol. The number of hydrogen-bond donors (Lipinski definition) is 0. The molecule has 0 amide bonds. The molecule has 96 valence electrons. The van der Waals surface area contributed by atoms with E-state index in [0.29, 0.717) is 10.6 Å². The fourth-order valence-electron chi connectivity index (χ4n) is 2.40. The van der Waals surface area contributed by atoms with Gasteiger partial charge in [-0.25, -0.2) is 0 Å². The molecule has 4 nitrogen and oxygen atoms in total. The van der Waals surface area contributed by atoms with Gasteiger partial charge in [-0.05, 0) is 25.1 Å². The number of carbonyl (C=O) groups excluding carboxylic acids is 1. The molecule has 0 saturated carbocycles. The Kier molecular flexibility index (Phi) is 2.68. The van der Waals surface area contributed by atoms with Crippen LogP contribution in [-0.4, -0.2) is 20.6 Å². The van der Waals surface area contributed by atoms with E-state index < -0.39 is 0 Å². The van der Waals surface area contributed by atoms with E-state index in [0.717, 1.165) is 28.7 Å². The number of benzene rings is 1. The Hall–Kier alpha value is -2.07. The number of fused-ring (bicyclic) bond motifs is 1. The fraction of sp³-hybridized carbons (Fsp3) is 0.143. The maximum absolute atomic E-state index is 11.3. The lowest BCUT2D eigenvalue weighted by atomic mass is 10.2. The third kappa shape index (κ3) is 1.68. The summed E-state index contributed by atoms with van der Waals surface area (Å²) in [5.74, 6) is 0.754. The summed E-state index contributed by atoms with van der Waals surface area (Å²) in [6.07, 6.45) is 2.74. The molecule has 0 aliphatic rings. The summed E-state index contributed by atoms with van der Waals surface area (Å²) in [6.45, 7) is 1.83. The molecule has 3 aromatic rings. The van der Waals surface area contributed by atoms with Crippen LogP contribution in [0.1, 0.15) is 16.1 Å². The van der Waals surface area contributed by atoms with Gasteiger partial charge in [0, 0.05) is 23.7 Å². The Morgan fingerprint density at radius 1 is 1.32 bits per heavy atom. The minimum Gasteiger partial charge on any atom is -0.301 e. The summed E-state index contributed by atoms with van der Waals surface area (Å²) in [7, 11) is 1.83. The van der Waals surface area contributed by atoms with Gasteiger partial charge in [-0.2, -0.15) is 5.10 Å². The minimum atomic E-state index is 0.597. The third-order valence-corrected chi connectivity index (χ3v) is 3.59. The summed E-state index contributed by atoms with van der Waals surface area (Å²) in [4.78, 5) is 11.3. The minimum absolute atomic E-state index is 0.597. The van der Waals surface area contributed by atoms with Crippen LogP contribution in [0.4, 0.5) is 0 Å². The molecule has 0 atom stereocenters. The molecule has 19 heavy (non-hydrogen) atoms. The number of halogens is 1. The van der Waals surface area contributed by atoms with Gasteiger partial charge < -0.3 is 4.57 Å². The number of aldehydes is 1. The molecule has 0 spiro atoms. The van der Waals surface area contributed by atoms with E-state index in [1.165, 1.54) is 0 Å². The first-order chi connectivity index (χ1) is 9.13. The molecule has 0 radical (unpaired) electrons. The average molecular weight is 274 g/mol. The van der Waals surface area contributed by atoms with Crippen molar-refractivity contribution in [3.8, 4) is 5.82 Å². The average Bonchev–Trinajstić information content (AvgIpc) is 2.91. The molecule has 0 saturated heterocycles. The second-order valence-electron chi connectivity index (χ2n) is 4.42.